The average Bonchev–Trinajstić information content (AvgIpc) is 2.69. The zero-order valence-electron chi connectivity index (χ0n) is 9.93. The fourth-order valence-corrected chi connectivity index (χ4v) is 3.69. The van der Waals surface area contributed by atoms with Crippen molar-refractivity contribution in [1.29, 1.82) is 0 Å². The maximum Gasteiger partial charge on any atom is 0.139 e. The predicted octanol–water partition coefficient (Wildman–Crippen LogP) is 2.66. The molecule has 2 heteroatoms. The second kappa shape index (κ2) is 3.95. The molecule has 0 unspecified atom stereocenters. The molecule has 0 aromatic heterocycles. The Morgan fingerprint density at radius 3 is 2.71 bits per heavy atom. The van der Waals surface area contributed by atoms with Crippen LogP contribution in [0.2, 0.25) is 0 Å². The monoisotopic (exact) mass is 230 g/mol. The molecule has 0 aliphatic heterocycles. The van der Waals surface area contributed by atoms with Gasteiger partial charge in [-0.1, -0.05) is 30.3 Å². The molecule has 1 N–H and O–H groups in total. The standard InChI is InChI=1S/C15H18O2/c16-13-7-4-9-15(17)10-8-12(14(13)15)11-5-2-1-3-6-11/h1-3,5-6,12,14,17H,4,7-10H2/t12-,14-,15+/m0/s1. The number of hydrogen-bond acceptors (Lipinski definition) is 2. The number of rotatable bonds is 1. The minimum atomic E-state index is -0.712. The van der Waals surface area contributed by atoms with Crippen molar-refractivity contribution < 1.29 is 9.90 Å². The van der Waals surface area contributed by atoms with Crippen LogP contribution in [0, 0.1) is 5.92 Å². The van der Waals surface area contributed by atoms with Crippen molar-refractivity contribution in [1.82, 2.24) is 0 Å². The third-order valence-corrected chi connectivity index (χ3v) is 4.48. The Labute approximate surface area is 102 Å². The van der Waals surface area contributed by atoms with Crippen LogP contribution in [-0.4, -0.2) is 16.5 Å². The molecule has 90 valence electrons. The van der Waals surface area contributed by atoms with Crippen molar-refractivity contribution in [3.63, 3.8) is 0 Å². The van der Waals surface area contributed by atoms with Gasteiger partial charge in [-0.2, -0.15) is 0 Å². The van der Waals surface area contributed by atoms with Gasteiger partial charge in [-0.3, -0.25) is 4.79 Å². The number of benzene rings is 1. The van der Waals surface area contributed by atoms with Gasteiger partial charge in [0, 0.05) is 6.42 Å². The third-order valence-electron chi connectivity index (χ3n) is 4.48. The molecule has 0 spiro atoms. The van der Waals surface area contributed by atoms with Crippen LogP contribution < -0.4 is 0 Å². The molecule has 3 rings (SSSR count). The number of hydrogen-bond donors (Lipinski definition) is 1. The van der Waals surface area contributed by atoms with Crippen molar-refractivity contribution in [3.8, 4) is 0 Å². The summed E-state index contributed by atoms with van der Waals surface area (Å²) in [6.07, 6.45) is 4.02. The highest BCUT2D eigenvalue weighted by atomic mass is 16.3. The Balaban J connectivity index is 1.95. The average molecular weight is 230 g/mol. The quantitative estimate of drug-likeness (QED) is 0.805. The second-order valence-corrected chi connectivity index (χ2v) is 5.46. The van der Waals surface area contributed by atoms with E-state index in [9.17, 15) is 9.90 Å². The molecule has 2 fully saturated rings. The molecular weight excluding hydrogens is 212 g/mol. The summed E-state index contributed by atoms with van der Waals surface area (Å²) in [5.74, 6) is 0.345. The first kappa shape index (κ1) is 11.0. The van der Waals surface area contributed by atoms with E-state index in [1.165, 1.54) is 5.56 Å². The number of ketones is 1. The number of carbonyl (C=O) groups is 1. The maximum absolute atomic E-state index is 12.1. The third kappa shape index (κ3) is 1.71. The number of aliphatic hydroxyl groups is 1. The van der Waals surface area contributed by atoms with Crippen molar-refractivity contribution in [3.05, 3.63) is 35.9 Å². The SMILES string of the molecule is O=C1CCC[C@@]2(O)CC[C@@H](c3ccccc3)[C@@H]12. The first-order valence-corrected chi connectivity index (χ1v) is 6.51. The van der Waals surface area contributed by atoms with Gasteiger partial charge in [0.2, 0.25) is 0 Å². The van der Waals surface area contributed by atoms with Crippen LogP contribution in [-0.2, 0) is 4.79 Å². The van der Waals surface area contributed by atoms with Crippen molar-refractivity contribution in [2.24, 2.45) is 5.92 Å². The van der Waals surface area contributed by atoms with E-state index < -0.39 is 5.60 Å². The fourth-order valence-electron chi connectivity index (χ4n) is 3.69. The van der Waals surface area contributed by atoms with Gasteiger partial charge < -0.3 is 5.11 Å². The summed E-state index contributed by atoms with van der Waals surface area (Å²) in [7, 11) is 0. The summed E-state index contributed by atoms with van der Waals surface area (Å²) < 4.78 is 0. The number of carbonyl (C=O) groups excluding carboxylic acids is 1. The summed E-state index contributed by atoms with van der Waals surface area (Å²) in [6, 6.07) is 10.2. The predicted molar refractivity (Wildman–Crippen MR) is 65.7 cm³/mol. The van der Waals surface area contributed by atoms with Crippen LogP contribution in [0.1, 0.15) is 43.6 Å². The summed E-state index contributed by atoms with van der Waals surface area (Å²) in [6.45, 7) is 0. The molecular formula is C15H18O2. The van der Waals surface area contributed by atoms with Crippen LogP contribution in [0.5, 0.6) is 0 Å². The van der Waals surface area contributed by atoms with Gasteiger partial charge in [0.25, 0.3) is 0 Å². The zero-order valence-corrected chi connectivity index (χ0v) is 9.93. The van der Waals surface area contributed by atoms with Crippen molar-refractivity contribution >= 4 is 5.78 Å². The van der Waals surface area contributed by atoms with Crippen LogP contribution in [0.3, 0.4) is 0 Å². The number of fused-ring (bicyclic) bond motifs is 1. The Morgan fingerprint density at radius 1 is 1.18 bits per heavy atom. The molecule has 0 amide bonds. The highest BCUT2D eigenvalue weighted by Gasteiger charge is 2.52. The Kier molecular flexibility index (Phi) is 2.55. The summed E-state index contributed by atoms with van der Waals surface area (Å²) in [4.78, 5) is 12.1. The van der Waals surface area contributed by atoms with Gasteiger partial charge in [0.1, 0.15) is 5.78 Å². The molecule has 0 saturated heterocycles. The van der Waals surface area contributed by atoms with Gasteiger partial charge in [-0.05, 0) is 37.2 Å². The van der Waals surface area contributed by atoms with Crippen LogP contribution >= 0.6 is 0 Å². The Hall–Kier alpha value is -1.15. The lowest BCUT2D eigenvalue weighted by molar-refractivity contribution is -0.136. The highest BCUT2D eigenvalue weighted by Crippen LogP contribution is 2.51. The van der Waals surface area contributed by atoms with E-state index in [4.69, 9.17) is 0 Å². The second-order valence-electron chi connectivity index (χ2n) is 5.46. The number of Topliss-reactive ketones (excluding diaryl/α,β-unsaturated/α-hetero) is 1. The van der Waals surface area contributed by atoms with Crippen molar-refractivity contribution in [2.75, 3.05) is 0 Å². The molecule has 1 aromatic carbocycles. The van der Waals surface area contributed by atoms with Gasteiger partial charge >= 0.3 is 0 Å². The van der Waals surface area contributed by atoms with E-state index in [0.29, 0.717) is 6.42 Å². The molecule has 2 aliphatic rings. The van der Waals surface area contributed by atoms with Crippen LogP contribution in [0.25, 0.3) is 0 Å². The largest absolute Gasteiger partial charge is 0.389 e. The van der Waals surface area contributed by atoms with Crippen LogP contribution in [0.4, 0.5) is 0 Å². The van der Waals surface area contributed by atoms with Crippen LogP contribution in [0.15, 0.2) is 30.3 Å². The van der Waals surface area contributed by atoms with E-state index in [1.807, 2.05) is 18.2 Å². The van der Waals surface area contributed by atoms with E-state index in [-0.39, 0.29) is 17.6 Å². The lowest BCUT2D eigenvalue weighted by atomic mass is 9.72. The molecule has 2 nitrogen and oxygen atoms in total. The van der Waals surface area contributed by atoms with E-state index in [0.717, 1.165) is 25.7 Å². The van der Waals surface area contributed by atoms with E-state index >= 15 is 0 Å². The lowest BCUT2D eigenvalue weighted by Gasteiger charge is -2.35. The molecule has 3 atom stereocenters. The Morgan fingerprint density at radius 2 is 1.94 bits per heavy atom. The van der Waals surface area contributed by atoms with E-state index in [1.54, 1.807) is 0 Å². The fraction of sp³-hybridized carbons (Fsp3) is 0.533. The van der Waals surface area contributed by atoms with Crippen molar-refractivity contribution in [2.45, 2.75) is 43.6 Å². The first-order chi connectivity index (χ1) is 8.21. The van der Waals surface area contributed by atoms with Gasteiger partial charge in [-0.25, -0.2) is 0 Å². The molecule has 17 heavy (non-hydrogen) atoms. The summed E-state index contributed by atoms with van der Waals surface area (Å²) in [5, 5.41) is 10.6. The highest BCUT2D eigenvalue weighted by molar-refractivity contribution is 5.84. The zero-order chi connectivity index (χ0) is 11.9. The maximum atomic E-state index is 12.1. The molecule has 1 aromatic rings. The topological polar surface area (TPSA) is 37.3 Å². The normalized spacial score (nSPS) is 36.9. The van der Waals surface area contributed by atoms with Gasteiger partial charge in [-0.15, -0.1) is 0 Å². The molecule has 0 radical (unpaired) electrons. The summed E-state index contributed by atoms with van der Waals surface area (Å²) in [5.41, 5.74) is 0.499. The molecule has 0 bridgehead atoms. The lowest BCUT2D eigenvalue weighted by Crippen LogP contribution is -2.43. The smallest absolute Gasteiger partial charge is 0.139 e. The summed E-state index contributed by atoms with van der Waals surface area (Å²) >= 11 is 0. The minimum Gasteiger partial charge on any atom is -0.389 e. The van der Waals surface area contributed by atoms with Gasteiger partial charge in [0.15, 0.2) is 0 Å². The minimum absolute atomic E-state index is 0.154. The molecule has 2 aliphatic carbocycles. The van der Waals surface area contributed by atoms with Gasteiger partial charge in [0.05, 0.1) is 11.5 Å². The molecule has 2 saturated carbocycles. The first-order valence-electron chi connectivity index (χ1n) is 6.51. The van der Waals surface area contributed by atoms with E-state index in [2.05, 4.69) is 12.1 Å². The Bertz CT molecular complexity index is 426. The molecule has 0 heterocycles.